The smallest absolute Gasteiger partial charge is 0.244 e. The van der Waals surface area contributed by atoms with Gasteiger partial charge in [0.1, 0.15) is 4.90 Å². The van der Waals surface area contributed by atoms with Crippen LogP contribution in [0.3, 0.4) is 0 Å². The van der Waals surface area contributed by atoms with Crippen molar-refractivity contribution in [1.82, 2.24) is 14.5 Å². The van der Waals surface area contributed by atoms with Gasteiger partial charge in [0.2, 0.25) is 10.0 Å². The molecule has 0 atom stereocenters. The lowest BCUT2D eigenvalue weighted by molar-refractivity contribution is 0.0961. The van der Waals surface area contributed by atoms with Crippen molar-refractivity contribution in [3.63, 3.8) is 0 Å². The molecule has 1 aromatic rings. The summed E-state index contributed by atoms with van der Waals surface area (Å²) >= 11 is 0. The number of hydrogen-bond donors (Lipinski definition) is 2. The SMILES string of the molecule is Cc1nn(C2CCCC2)cc1S(=O)(=O)NCCOCCO. The highest BCUT2D eigenvalue weighted by Gasteiger charge is 2.24. The van der Waals surface area contributed by atoms with Crippen molar-refractivity contribution in [2.45, 2.75) is 43.5 Å². The van der Waals surface area contributed by atoms with Crippen LogP contribution < -0.4 is 4.72 Å². The monoisotopic (exact) mass is 317 g/mol. The third-order valence-corrected chi connectivity index (χ3v) is 5.20. The molecule has 1 aromatic heterocycles. The summed E-state index contributed by atoms with van der Waals surface area (Å²) in [5, 5.41) is 12.9. The maximum Gasteiger partial charge on any atom is 0.244 e. The molecule has 2 N–H and O–H groups in total. The molecule has 0 saturated heterocycles. The fourth-order valence-corrected chi connectivity index (χ4v) is 3.76. The van der Waals surface area contributed by atoms with Gasteiger partial charge >= 0.3 is 0 Å². The summed E-state index contributed by atoms with van der Waals surface area (Å²) < 4.78 is 33.8. The van der Waals surface area contributed by atoms with Crippen molar-refractivity contribution in [3.8, 4) is 0 Å². The second kappa shape index (κ2) is 7.35. The summed E-state index contributed by atoms with van der Waals surface area (Å²) in [6.07, 6.45) is 6.09. The predicted molar refractivity (Wildman–Crippen MR) is 77.6 cm³/mol. The Morgan fingerprint density at radius 3 is 2.81 bits per heavy atom. The van der Waals surface area contributed by atoms with Gasteiger partial charge in [0, 0.05) is 12.7 Å². The molecule has 2 rings (SSSR count). The normalized spacial score (nSPS) is 16.7. The van der Waals surface area contributed by atoms with Crippen molar-refractivity contribution < 1.29 is 18.3 Å². The van der Waals surface area contributed by atoms with Crippen LogP contribution in [0.15, 0.2) is 11.1 Å². The highest BCUT2D eigenvalue weighted by atomic mass is 32.2. The largest absolute Gasteiger partial charge is 0.394 e. The van der Waals surface area contributed by atoms with E-state index in [-0.39, 0.29) is 31.3 Å². The molecule has 1 aliphatic rings. The van der Waals surface area contributed by atoms with Crippen molar-refractivity contribution in [2.75, 3.05) is 26.4 Å². The van der Waals surface area contributed by atoms with E-state index < -0.39 is 10.0 Å². The van der Waals surface area contributed by atoms with Gasteiger partial charge in [0.05, 0.1) is 31.6 Å². The lowest BCUT2D eigenvalue weighted by Crippen LogP contribution is -2.28. The van der Waals surface area contributed by atoms with Crippen molar-refractivity contribution in [1.29, 1.82) is 0 Å². The van der Waals surface area contributed by atoms with Crippen LogP contribution in [-0.2, 0) is 14.8 Å². The summed E-state index contributed by atoms with van der Waals surface area (Å²) in [7, 11) is -3.56. The number of ether oxygens (including phenoxy) is 1. The number of hydrogen-bond acceptors (Lipinski definition) is 5. The quantitative estimate of drug-likeness (QED) is 0.685. The van der Waals surface area contributed by atoms with Gasteiger partial charge in [-0.2, -0.15) is 5.10 Å². The summed E-state index contributed by atoms with van der Waals surface area (Å²) in [4.78, 5) is 0.233. The van der Waals surface area contributed by atoms with E-state index in [0.29, 0.717) is 11.7 Å². The first-order chi connectivity index (χ1) is 10.0. The molecule has 1 saturated carbocycles. The Morgan fingerprint density at radius 1 is 1.43 bits per heavy atom. The number of nitrogens with zero attached hydrogens (tertiary/aromatic N) is 2. The van der Waals surface area contributed by atoms with Crippen LogP contribution >= 0.6 is 0 Å². The second-order valence-electron chi connectivity index (χ2n) is 5.23. The Hall–Kier alpha value is -0.960. The minimum absolute atomic E-state index is 0.0694. The molecule has 21 heavy (non-hydrogen) atoms. The Labute approximate surface area is 125 Å². The zero-order chi connectivity index (χ0) is 15.3. The molecule has 0 bridgehead atoms. The van der Waals surface area contributed by atoms with E-state index in [1.165, 1.54) is 12.8 Å². The minimum atomic E-state index is -3.56. The summed E-state index contributed by atoms with van der Waals surface area (Å²) in [5.41, 5.74) is 0.519. The average Bonchev–Trinajstić information content (AvgIpc) is 3.07. The summed E-state index contributed by atoms with van der Waals surface area (Å²) in [6, 6.07) is 0.320. The molecule has 1 heterocycles. The topological polar surface area (TPSA) is 93.5 Å². The van der Waals surface area contributed by atoms with Gasteiger partial charge in [-0.15, -0.1) is 0 Å². The molecular formula is C13H23N3O4S. The zero-order valence-corrected chi connectivity index (χ0v) is 13.1. The molecule has 1 fully saturated rings. The molecule has 1 aliphatic carbocycles. The molecule has 0 unspecified atom stereocenters. The molecule has 0 amide bonds. The third-order valence-electron chi connectivity index (χ3n) is 3.63. The van der Waals surface area contributed by atoms with E-state index in [9.17, 15) is 8.42 Å². The first-order valence-electron chi connectivity index (χ1n) is 7.28. The standard InChI is InChI=1S/C13H23N3O4S/c1-11-13(10-16(15-11)12-4-2-3-5-12)21(18,19)14-6-8-20-9-7-17/h10,12,14,17H,2-9H2,1H3. The van der Waals surface area contributed by atoms with Crippen LogP contribution in [0.25, 0.3) is 0 Å². The number of nitrogens with one attached hydrogen (secondary N) is 1. The lowest BCUT2D eigenvalue weighted by Gasteiger charge is -2.08. The third kappa shape index (κ3) is 4.26. The van der Waals surface area contributed by atoms with Gasteiger partial charge in [-0.1, -0.05) is 12.8 Å². The maximum absolute atomic E-state index is 12.2. The molecule has 0 aromatic carbocycles. The number of aromatic nitrogens is 2. The van der Waals surface area contributed by atoms with E-state index >= 15 is 0 Å². The Bertz CT molecular complexity index is 550. The molecule has 7 nitrogen and oxygen atoms in total. The van der Waals surface area contributed by atoms with E-state index in [1.807, 2.05) is 0 Å². The first-order valence-corrected chi connectivity index (χ1v) is 8.77. The number of aliphatic hydroxyl groups excluding tert-OH is 1. The predicted octanol–water partition coefficient (Wildman–Crippen LogP) is 0.594. The zero-order valence-electron chi connectivity index (χ0n) is 12.3. The maximum atomic E-state index is 12.2. The number of sulfonamides is 1. The molecule has 0 aliphatic heterocycles. The number of rotatable bonds is 8. The lowest BCUT2D eigenvalue weighted by atomic mass is 10.3. The van der Waals surface area contributed by atoms with Gasteiger partial charge in [-0.3, -0.25) is 4.68 Å². The Balaban J connectivity index is 1.98. The van der Waals surface area contributed by atoms with Crippen molar-refractivity contribution in [3.05, 3.63) is 11.9 Å². The first kappa shape index (κ1) is 16.4. The van der Waals surface area contributed by atoms with Crippen LogP contribution in [-0.4, -0.2) is 49.7 Å². The van der Waals surface area contributed by atoms with E-state index in [2.05, 4.69) is 9.82 Å². The fraction of sp³-hybridized carbons (Fsp3) is 0.769. The van der Waals surface area contributed by atoms with Gasteiger partial charge in [0.15, 0.2) is 0 Å². The van der Waals surface area contributed by atoms with E-state index in [0.717, 1.165) is 12.8 Å². The van der Waals surface area contributed by atoms with E-state index in [1.54, 1.807) is 17.8 Å². The van der Waals surface area contributed by atoms with Crippen LogP contribution in [0.4, 0.5) is 0 Å². The van der Waals surface area contributed by atoms with Gasteiger partial charge < -0.3 is 9.84 Å². The van der Waals surface area contributed by atoms with Crippen LogP contribution in [0.5, 0.6) is 0 Å². The Kier molecular flexibility index (Phi) is 5.74. The van der Waals surface area contributed by atoms with E-state index in [4.69, 9.17) is 9.84 Å². The second-order valence-corrected chi connectivity index (χ2v) is 6.97. The minimum Gasteiger partial charge on any atom is -0.394 e. The highest BCUT2D eigenvalue weighted by Crippen LogP contribution is 2.30. The van der Waals surface area contributed by atoms with Crippen molar-refractivity contribution >= 4 is 10.0 Å². The van der Waals surface area contributed by atoms with Gasteiger partial charge in [-0.05, 0) is 19.8 Å². The average molecular weight is 317 g/mol. The molecule has 0 spiro atoms. The molecule has 8 heteroatoms. The van der Waals surface area contributed by atoms with Crippen LogP contribution in [0.1, 0.15) is 37.4 Å². The highest BCUT2D eigenvalue weighted by molar-refractivity contribution is 7.89. The Morgan fingerprint density at radius 2 is 2.14 bits per heavy atom. The number of aryl methyl sites for hydroxylation is 1. The molecular weight excluding hydrogens is 294 g/mol. The summed E-state index contributed by atoms with van der Waals surface area (Å²) in [5.74, 6) is 0. The number of aliphatic hydroxyl groups is 1. The van der Waals surface area contributed by atoms with Crippen LogP contribution in [0, 0.1) is 6.92 Å². The fourth-order valence-electron chi connectivity index (χ4n) is 2.58. The van der Waals surface area contributed by atoms with Gasteiger partial charge in [0.25, 0.3) is 0 Å². The molecule has 0 radical (unpaired) electrons. The van der Waals surface area contributed by atoms with Crippen molar-refractivity contribution in [2.24, 2.45) is 0 Å². The van der Waals surface area contributed by atoms with Crippen LogP contribution in [0.2, 0.25) is 0 Å². The van der Waals surface area contributed by atoms with Gasteiger partial charge in [-0.25, -0.2) is 13.1 Å². The molecule has 120 valence electrons. The summed E-state index contributed by atoms with van der Waals surface area (Å²) in [6.45, 7) is 2.26.